The highest BCUT2D eigenvalue weighted by molar-refractivity contribution is 5.89. The number of hydrogen-bond acceptors (Lipinski definition) is 7. The van der Waals surface area contributed by atoms with E-state index in [2.05, 4.69) is 20.5 Å². The summed E-state index contributed by atoms with van der Waals surface area (Å²) in [7, 11) is 0. The molecule has 0 unspecified atom stereocenters. The molecular formula is C25H35ClN8O3. The van der Waals surface area contributed by atoms with Crippen molar-refractivity contribution >= 4 is 30.2 Å². The van der Waals surface area contributed by atoms with Gasteiger partial charge in [-0.25, -0.2) is 9.59 Å². The van der Waals surface area contributed by atoms with Crippen molar-refractivity contribution in [1.29, 1.82) is 0 Å². The van der Waals surface area contributed by atoms with Crippen molar-refractivity contribution in [2.75, 3.05) is 57.7 Å². The second-order valence-electron chi connectivity index (χ2n) is 10.8. The van der Waals surface area contributed by atoms with Crippen LogP contribution in [-0.2, 0) is 11.3 Å². The molecule has 3 aliphatic rings. The van der Waals surface area contributed by atoms with Crippen LogP contribution in [-0.4, -0.2) is 94.1 Å². The van der Waals surface area contributed by atoms with E-state index in [4.69, 9.17) is 5.73 Å². The standard InChI is InChI=1S/C25H34N8O3.ClH/c1-24(2,26)21(34)31-9-11-32(12-10-31)22(35)28-20-7-8-33(23(36)29-20)19-5-3-18(4-6-19)13-30-16-25(17-30)14-27-15-25;/h3-8,27H,9-17,26H2,1-2H3,(H,28,29,35,36);1H. The number of nitrogens with two attached hydrogens (primary N) is 1. The van der Waals surface area contributed by atoms with Gasteiger partial charge in [0.25, 0.3) is 0 Å². The highest BCUT2D eigenvalue weighted by Gasteiger charge is 2.47. The highest BCUT2D eigenvalue weighted by atomic mass is 35.5. The zero-order valence-corrected chi connectivity index (χ0v) is 22.1. The molecule has 37 heavy (non-hydrogen) atoms. The van der Waals surface area contributed by atoms with Crippen LogP contribution in [0.4, 0.5) is 10.6 Å². The van der Waals surface area contributed by atoms with E-state index < -0.39 is 11.2 Å². The first-order valence-electron chi connectivity index (χ1n) is 12.4. The Bertz CT molecular complexity index is 1190. The zero-order chi connectivity index (χ0) is 25.5. The van der Waals surface area contributed by atoms with Crippen LogP contribution in [0.3, 0.4) is 0 Å². The van der Waals surface area contributed by atoms with Gasteiger partial charge < -0.3 is 20.9 Å². The van der Waals surface area contributed by atoms with Crippen LogP contribution in [0, 0.1) is 5.41 Å². The molecule has 0 saturated carbocycles. The summed E-state index contributed by atoms with van der Waals surface area (Å²) in [5.74, 6) is 0.0534. The molecule has 1 aromatic carbocycles. The van der Waals surface area contributed by atoms with E-state index in [1.54, 1.807) is 35.9 Å². The molecule has 3 aliphatic heterocycles. The molecule has 5 rings (SSSR count). The van der Waals surface area contributed by atoms with Crippen LogP contribution >= 0.6 is 12.4 Å². The summed E-state index contributed by atoms with van der Waals surface area (Å²) in [6.45, 7) is 10.4. The molecule has 200 valence electrons. The third-order valence-electron chi connectivity index (χ3n) is 7.18. The largest absolute Gasteiger partial charge is 0.354 e. The van der Waals surface area contributed by atoms with Crippen molar-refractivity contribution in [2.24, 2.45) is 11.1 Å². The number of piperazine rings is 1. The average Bonchev–Trinajstić information content (AvgIpc) is 2.79. The van der Waals surface area contributed by atoms with Crippen LogP contribution in [0.2, 0.25) is 0 Å². The van der Waals surface area contributed by atoms with Crippen LogP contribution in [0.1, 0.15) is 19.4 Å². The molecule has 0 radical (unpaired) electrons. The molecule has 1 aromatic heterocycles. The van der Waals surface area contributed by atoms with Crippen molar-refractivity contribution in [2.45, 2.75) is 25.9 Å². The molecule has 3 saturated heterocycles. The summed E-state index contributed by atoms with van der Waals surface area (Å²) in [4.78, 5) is 47.4. The van der Waals surface area contributed by atoms with E-state index in [1.165, 1.54) is 10.1 Å². The first kappa shape index (κ1) is 27.1. The summed E-state index contributed by atoms with van der Waals surface area (Å²) in [6.07, 6.45) is 1.61. The Morgan fingerprint density at radius 1 is 1.05 bits per heavy atom. The number of anilines is 1. The average molecular weight is 531 g/mol. The number of benzene rings is 1. The van der Waals surface area contributed by atoms with E-state index in [-0.39, 0.29) is 30.2 Å². The SMILES string of the molecule is CC(C)(N)C(=O)N1CCN(C(=O)Nc2ccn(-c3ccc(CN4CC5(CNC5)C4)cc3)c(=O)n2)CC1.Cl. The Kier molecular flexibility index (Phi) is 7.61. The topological polar surface area (TPSA) is 129 Å². The van der Waals surface area contributed by atoms with Crippen molar-refractivity contribution in [3.05, 3.63) is 52.6 Å². The number of halogens is 1. The predicted octanol–water partition coefficient (Wildman–Crippen LogP) is 0.473. The maximum Gasteiger partial charge on any atom is 0.354 e. The number of hydrogen-bond donors (Lipinski definition) is 3. The number of likely N-dealkylation sites (tertiary alicyclic amines) is 1. The van der Waals surface area contributed by atoms with E-state index in [1.807, 2.05) is 24.3 Å². The molecule has 3 amide bonds. The van der Waals surface area contributed by atoms with Crippen molar-refractivity contribution < 1.29 is 9.59 Å². The monoisotopic (exact) mass is 530 g/mol. The number of carbonyl (C=O) groups excluding carboxylic acids is 2. The zero-order valence-electron chi connectivity index (χ0n) is 21.3. The maximum atomic E-state index is 12.7. The molecule has 12 heteroatoms. The lowest BCUT2D eigenvalue weighted by Crippen LogP contribution is -2.70. The molecule has 4 heterocycles. The predicted molar refractivity (Wildman–Crippen MR) is 143 cm³/mol. The van der Waals surface area contributed by atoms with Crippen molar-refractivity contribution in [1.82, 2.24) is 29.6 Å². The van der Waals surface area contributed by atoms with Crippen LogP contribution in [0.15, 0.2) is 41.3 Å². The molecule has 0 bridgehead atoms. The third-order valence-corrected chi connectivity index (χ3v) is 7.18. The summed E-state index contributed by atoms with van der Waals surface area (Å²) < 4.78 is 1.46. The molecule has 0 atom stereocenters. The minimum atomic E-state index is -0.940. The maximum absolute atomic E-state index is 12.7. The fourth-order valence-corrected chi connectivity index (χ4v) is 5.11. The molecule has 0 aliphatic carbocycles. The third kappa shape index (κ3) is 5.80. The van der Waals surface area contributed by atoms with Crippen LogP contribution < -0.4 is 22.1 Å². The van der Waals surface area contributed by atoms with E-state index in [0.29, 0.717) is 31.6 Å². The Hall–Kier alpha value is -2.99. The fraction of sp³-hybridized carbons (Fsp3) is 0.520. The Balaban J connectivity index is 0.00000320. The summed E-state index contributed by atoms with van der Waals surface area (Å²) in [5.41, 5.74) is 6.93. The second kappa shape index (κ2) is 10.4. The van der Waals surface area contributed by atoms with Crippen molar-refractivity contribution in [3.63, 3.8) is 0 Å². The quantitative estimate of drug-likeness (QED) is 0.512. The van der Waals surface area contributed by atoms with Crippen LogP contribution in [0.5, 0.6) is 0 Å². The summed E-state index contributed by atoms with van der Waals surface area (Å²) >= 11 is 0. The lowest BCUT2D eigenvalue weighted by Gasteiger charge is -2.56. The molecule has 11 nitrogen and oxygen atoms in total. The Labute approximate surface area is 222 Å². The van der Waals surface area contributed by atoms with Gasteiger partial charge in [0.15, 0.2) is 0 Å². The van der Waals surface area contributed by atoms with Crippen LogP contribution in [0.25, 0.3) is 5.69 Å². The Morgan fingerprint density at radius 3 is 2.22 bits per heavy atom. The minimum Gasteiger partial charge on any atom is -0.338 e. The lowest BCUT2D eigenvalue weighted by atomic mass is 9.74. The fourth-order valence-electron chi connectivity index (χ4n) is 5.11. The number of aromatic nitrogens is 2. The minimum absolute atomic E-state index is 0. The van der Waals surface area contributed by atoms with Gasteiger partial charge in [-0.05, 0) is 37.6 Å². The van der Waals surface area contributed by atoms with Gasteiger partial charge in [0.2, 0.25) is 5.91 Å². The number of carbonyl (C=O) groups is 2. The van der Waals surface area contributed by atoms with Crippen molar-refractivity contribution in [3.8, 4) is 5.69 Å². The Morgan fingerprint density at radius 2 is 1.68 bits per heavy atom. The van der Waals surface area contributed by atoms with Gasteiger partial charge in [0.05, 0.1) is 11.2 Å². The number of amides is 3. The summed E-state index contributed by atoms with van der Waals surface area (Å²) in [6, 6.07) is 9.17. The molecule has 3 fully saturated rings. The van der Waals surface area contributed by atoms with Gasteiger partial charge in [-0.3, -0.25) is 19.6 Å². The number of nitrogens with zero attached hydrogens (tertiary/aromatic N) is 5. The van der Waals surface area contributed by atoms with E-state index in [9.17, 15) is 14.4 Å². The summed E-state index contributed by atoms with van der Waals surface area (Å²) in [5, 5.41) is 6.04. The molecule has 1 spiro atoms. The first-order valence-corrected chi connectivity index (χ1v) is 12.4. The number of urea groups is 1. The normalized spacial score (nSPS) is 19.0. The van der Waals surface area contributed by atoms with Gasteiger partial charge >= 0.3 is 11.7 Å². The van der Waals surface area contributed by atoms with Gasteiger partial charge in [-0.15, -0.1) is 12.4 Å². The van der Waals surface area contributed by atoms with Gasteiger partial charge in [0, 0.05) is 70.5 Å². The van der Waals surface area contributed by atoms with E-state index >= 15 is 0 Å². The smallest absolute Gasteiger partial charge is 0.338 e. The van der Waals surface area contributed by atoms with E-state index in [0.717, 1.165) is 38.4 Å². The van der Waals surface area contributed by atoms with Gasteiger partial charge in [0.1, 0.15) is 5.82 Å². The second-order valence-corrected chi connectivity index (χ2v) is 10.8. The molecular weight excluding hydrogens is 496 g/mol. The molecule has 4 N–H and O–H groups in total. The van der Waals surface area contributed by atoms with Gasteiger partial charge in [-0.2, -0.15) is 4.98 Å². The van der Waals surface area contributed by atoms with Gasteiger partial charge in [-0.1, -0.05) is 12.1 Å². The number of rotatable bonds is 5. The lowest BCUT2D eigenvalue weighted by molar-refractivity contribution is -0.137. The highest BCUT2D eigenvalue weighted by Crippen LogP contribution is 2.34. The molecule has 2 aromatic rings. The number of nitrogens with one attached hydrogen (secondary N) is 2. The first-order chi connectivity index (χ1) is 17.1.